The molecule has 5 heteroatoms. The second-order valence-corrected chi connectivity index (χ2v) is 6.31. The average Bonchev–Trinajstić information content (AvgIpc) is 2.60. The summed E-state index contributed by atoms with van der Waals surface area (Å²) < 4.78 is 5.49. The molecule has 0 spiro atoms. The largest absolute Gasteiger partial charge is 0.424 e. The number of hydrogen-bond acceptors (Lipinski definition) is 4. The monoisotopic (exact) mass is 350 g/mol. The van der Waals surface area contributed by atoms with E-state index in [2.05, 4.69) is 60.1 Å². The molecule has 0 radical (unpaired) electrons. The maximum atomic E-state index is 7.72. The second kappa shape index (κ2) is 9.53. The summed E-state index contributed by atoms with van der Waals surface area (Å²) in [5.41, 5.74) is 4.39. The van der Waals surface area contributed by atoms with Gasteiger partial charge in [0.2, 0.25) is 0 Å². The third kappa shape index (κ3) is 6.18. The lowest BCUT2D eigenvalue weighted by atomic mass is 10.1. The quantitative estimate of drug-likeness (QED) is 0.580. The molecular weight excluding hydrogens is 324 g/mol. The lowest BCUT2D eigenvalue weighted by molar-refractivity contribution is 0.402. The van der Waals surface area contributed by atoms with Gasteiger partial charge in [-0.2, -0.15) is 0 Å². The molecule has 136 valence electrons. The summed E-state index contributed by atoms with van der Waals surface area (Å²) >= 11 is 0. The molecule has 0 aliphatic carbocycles. The highest BCUT2D eigenvalue weighted by Crippen LogP contribution is 2.23. The molecule has 0 amide bonds. The van der Waals surface area contributed by atoms with Gasteiger partial charge in [0.1, 0.15) is 5.75 Å². The van der Waals surface area contributed by atoms with Crippen LogP contribution >= 0.6 is 0 Å². The van der Waals surface area contributed by atoms with Crippen LogP contribution in [0.3, 0.4) is 0 Å². The molecule has 2 aromatic carbocycles. The Morgan fingerprint density at radius 2 is 2.00 bits per heavy atom. The van der Waals surface area contributed by atoms with E-state index in [9.17, 15) is 0 Å². The fourth-order valence-electron chi connectivity index (χ4n) is 2.48. The summed E-state index contributed by atoms with van der Waals surface area (Å²) in [7, 11) is 4.13. The predicted molar refractivity (Wildman–Crippen MR) is 109 cm³/mol. The third-order valence-electron chi connectivity index (χ3n) is 3.68. The molecular formula is C21H26N4O. The number of amidine groups is 1. The van der Waals surface area contributed by atoms with Crippen molar-refractivity contribution in [3.8, 4) is 5.75 Å². The van der Waals surface area contributed by atoms with Crippen molar-refractivity contribution in [1.29, 1.82) is 5.41 Å². The summed E-state index contributed by atoms with van der Waals surface area (Å²) in [6, 6.07) is 14.2. The minimum Gasteiger partial charge on any atom is -0.424 e. The zero-order valence-electron chi connectivity index (χ0n) is 15.6. The summed E-state index contributed by atoms with van der Waals surface area (Å²) in [6.45, 7) is 7.11. The summed E-state index contributed by atoms with van der Waals surface area (Å²) in [5, 5.41) is 11.1. The molecule has 0 atom stereocenters. The molecule has 0 aromatic heterocycles. The fourth-order valence-corrected chi connectivity index (χ4v) is 2.48. The first-order valence-electron chi connectivity index (χ1n) is 8.46. The lowest BCUT2D eigenvalue weighted by Crippen LogP contribution is -2.11. The van der Waals surface area contributed by atoms with Gasteiger partial charge in [-0.05, 0) is 43.8 Å². The van der Waals surface area contributed by atoms with Crippen molar-refractivity contribution in [2.45, 2.75) is 20.0 Å². The van der Waals surface area contributed by atoms with Crippen molar-refractivity contribution in [2.75, 3.05) is 19.4 Å². The summed E-state index contributed by atoms with van der Waals surface area (Å²) in [5.74, 6) is 0.613. The molecule has 0 bridgehead atoms. The van der Waals surface area contributed by atoms with E-state index < -0.39 is 0 Å². The van der Waals surface area contributed by atoms with E-state index in [1.54, 1.807) is 0 Å². The maximum absolute atomic E-state index is 7.72. The first-order valence-corrected chi connectivity index (χ1v) is 8.46. The van der Waals surface area contributed by atoms with E-state index >= 15 is 0 Å². The molecule has 0 saturated carbocycles. The van der Waals surface area contributed by atoms with E-state index in [0.717, 1.165) is 24.3 Å². The maximum Gasteiger partial charge on any atom is 0.314 e. The van der Waals surface area contributed by atoms with Gasteiger partial charge in [0, 0.05) is 31.1 Å². The highest BCUT2D eigenvalue weighted by Gasteiger charge is 2.05. The minimum absolute atomic E-state index is 0.165. The summed E-state index contributed by atoms with van der Waals surface area (Å²) in [4.78, 5) is 5.98. The first-order chi connectivity index (χ1) is 12.5. The molecule has 0 heterocycles. The van der Waals surface area contributed by atoms with Crippen molar-refractivity contribution in [3.05, 3.63) is 71.8 Å². The molecule has 2 aromatic rings. The number of benzene rings is 2. The topological polar surface area (TPSA) is 60.7 Å². The Balaban J connectivity index is 2.04. The second-order valence-electron chi connectivity index (χ2n) is 6.31. The number of aliphatic imine (C=N–C) groups is 1. The Labute approximate surface area is 155 Å². The number of nitrogens with one attached hydrogen (secondary N) is 2. The third-order valence-corrected chi connectivity index (χ3v) is 3.68. The van der Waals surface area contributed by atoms with Gasteiger partial charge in [0.15, 0.2) is 0 Å². The van der Waals surface area contributed by atoms with Crippen LogP contribution in [0.5, 0.6) is 5.75 Å². The minimum atomic E-state index is -0.165. The van der Waals surface area contributed by atoms with Crippen molar-refractivity contribution in [1.82, 2.24) is 4.90 Å². The van der Waals surface area contributed by atoms with Gasteiger partial charge in [-0.15, -0.1) is 0 Å². The predicted octanol–water partition coefficient (Wildman–Crippen LogP) is 4.24. The highest BCUT2D eigenvalue weighted by molar-refractivity contribution is 5.86. The molecule has 26 heavy (non-hydrogen) atoms. The van der Waals surface area contributed by atoms with Gasteiger partial charge >= 0.3 is 6.02 Å². The van der Waals surface area contributed by atoms with Crippen molar-refractivity contribution >= 4 is 17.9 Å². The van der Waals surface area contributed by atoms with E-state index in [1.807, 2.05) is 25.1 Å². The Hall–Kier alpha value is -2.92. The van der Waals surface area contributed by atoms with Gasteiger partial charge in [0.25, 0.3) is 0 Å². The van der Waals surface area contributed by atoms with E-state index in [1.165, 1.54) is 23.4 Å². The normalized spacial score (nSPS) is 10.9. The van der Waals surface area contributed by atoms with Crippen LogP contribution in [0.2, 0.25) is 0 Å². The number of hydrogen-bond donors (Lipinski definition) is 2. The SMILES string of the molecule is C=C/C=N/C(=N)Oc1cc(NCc2cccc(CN(C)C)c2)ccc1C. The van der Waals surface area contributed by atoms with Crippen LogP contribution in [0.15, 0.2) is 60.1 Å². The molecule has 0 unspecified atom stereocenters. The molecule has 5 nitrogen and oxygen atoms in total. The van der Waals surface area contributed by atoms with Crippen LogP contribution in [-0.2, 0) is 13.1 Å². The standard InChI is InChI=1S/C21H26N4O/c1-5-11-23-21(22)26-20-13-19(10-9-16(20)2)24-14-17-7-6-8-18(12-17)15-25(3)4/h5-13,22,24H,1,14-15H2,2-4H3/b22-21?,23-11+. The van der Waals surface area contributed by atoms with Crippen LogP contribution in [0.4, 0.5) is 5.69 Å². The molecule has 2 N–H and O–H groups in total. The number of aryl methyl sites for hydroxylation is 1. The smallest absolute Gasteiger partial charge is 0.314 e. The van der Waals surface area contributed by atoms with Crippen LogP contribution in [0, 0.1) is 12.3 Å². The van der Waals surface area contributed by atoms with Crippen molar-refractivity contribution in [2.24, 2.45) is 4.99 Å². The van der Waals surface area contributed by atoms with Crippen LogP contribution < -0.4 is 10.1 Å². The van der Waals surface area contributed by atoms with Crippen molar-refractivity contribution in [3.63, 3.8) is 0 Å². The Morgan fingerprint density at radius 1 is 1.23 bits per heavy atom. The van der Waals surface area contributed by atoms with Crippen LogP contribution in [0.1, 0.15) is 16.7 Å². The van der Waals surface area contributed by atoms with Crippen LogP contribution in [0.25, 0.3) is 0 Å². The zero-order chi connectivity index (χ0) is 18.9. The molecule has 0 saturated heterocycles. The average molecular weight is 350 g/mol. The number of allylic oxidation sites excluding steroid dienone is 1. The highest BCUT2D eigenvalue weighted by atomic mass is 16.5. The van der Waals surface area contributed by atoms with Gasteiger partial charge in [-0.1, -0.05) is 43.0 Å². The number of anilines is 1. The molecule has 0 fully saturated rings. The van der Waals surface area contributed by atoms with E-state index in [0.29, 0.717) is 5.75 Å². The number of rotatable bonds is 7. The molecule has 2 rings (SSSR count). The van der Waals surface area contributed by atoms with Gasteiger partial charge in [-0.25, -0.2) is 10.4 Å². The number of nitrogens with zero attached hydrogens (tertiary/aromatic N) is 2. The summed E-state index contributed by atoms with van der Waals surface area (Å²) in [6.07, 6.45) is 2.94. The first kappa shape index (κ1) is 19.4. The molecule has 0 aliphatic rings. The molecule has 0 aliphatic heterocycles. The Morgan fingerprint density at radius 3 is 2.73 bits per heavy atom. The van der Waals surface area contributed by atoms with E-state index in [-0.39, 0.29) is 6.02 Å². The van der Waals surface area contributed by atoms with Gasteiger partial charge in [0.05, 0.1) is 0 Å². The van der Waals surface area contributed by atoms with Gasteiger partial charge in [-0.3, -0.25) is 0 Å². The Kier molecular flexibility index (Phi) is 7.12. The number of ether oxygens (including phenoxy) is 1. The van der Waals surface area contributed by atoms with Gasteiger partial charge < -0.3 is 15.0 Å². The van der Waals surface area contributed by atoms with Crippen molar-refractivity contribution < 1.29 is 4.74 Å². The zero-order valence-corrected chi connectivity index (χ0v) is 15.6. The van der Waals surface area contributed by atoms with Crippen LogP contribution in [-0.4, -0.2) is 31.2 Å². The fraction of sp³-hybridized carbons (Fsp3) is 0.238. The van der Waals surface area contributed by atoms with E-state index in [4.69, 9.17) is 10.1 Å². The lowest BCUT2D eigenvalue weighted by Gasteiger charge is -2.13. The Bertz CT molecular complexity index is 796.